The molecule has 0 atom stereocenters. The molecular formula is C3H7ClNaO6S2. The van der Waals surface area contributed by atoms with Crippen LogP contribution in [0.1, 0.15) is 0 Å². The van der Waals surface area contributed by atoms with E-state index in [1.807, 2.05) is 0 Å². The Morgan fingerprint density at radius 3 is 2.00 bits per heavy atom. The van der Waals surface area contributed by atoms with Gasteiger partial charge in [-0.1, -0.05) is 0 Å². The van der Waals surface area contributed by atoms with E-state index in [4.69, 9.17) is 16.2 Å². The van der Waals surface area contributed by atoms with Crippen LogP contribution in [-0.4, -0.2) is 68.5 Å². The second kappa shape index (κ2) is 6.57. The van der Waals surface area contributed by atoms with Gasteiger partial charge >= 0.3 is 0 Å². The van der Waals surface area contributed by atoms with Crippen molar-refractivity contribution in [3.05, 3.63) is 0 Å². The Hall–Kier alpha value is 1.11. The summed E-state index contributed by atoms with van der Waals surface area (Å²) in [6.45, 7) is -0.320. The first-order valence-electron chi connectivity index (χ1n) is 2.65. The van der Waals surface area contributed by atoms with Crippen molar-refractivity contribution in [2.75, 3.05) is 17.6 Å². The van der Waals surface area contributed by atoms with E-state index in [9.17, 15) is 16.8 Å². The van der Waals surface area contributed by atoms with Crippen molar-refractivity contribution in [3.8, 4) is 0 Å². The first-order chi connectivity index (χ1) is 5.27. The van der Waals surface area contributed by atoms with Gasteiger partial charge in [0.2, 0.25) is 5.08 Å². The van der Waals surface area contributed by atoms with Gasteiger partial charge in [0, 0.05) is 35.4 Å². The summed E-state index contributed by atoms with van der Waals surface area (Å²) in [5, 5.41) is -1.45. The summed E-state index contributed by atoms with van der Waals surface area (Å²) in [4.78, 5) is 0. The average molecular weight is 262 g/mol. The zero-order valence-corrected chi connectivity index (χ0v) is 11.2. The second-order valence-electron chi connectivity index (χ2n) is 1.77. The number of rotatable bonds is 5. The normalized spacial score (nSPS) is 12.2. The summed E-state index contributed by atoms with van der Waals surface area (Å²) in [6.07, 6.45) is 0. The number of hydrogen-bond donors (Lipinski definition) is 1. The van der Waals surface area contributed by atoms with E-state index in [-0.39, 0.29) is 42.0 Å². The molecule has 0 aliphatic rings. The van der Waals surface area contributed by atoms with Gasteiger partial charge in [-0.3, -0.25) is 8.74 Å². The Labute approximate surface area is 104 Å². The van der Waals surface area contributed by atoms with E-state index < -0.39 is 25.3 Å². The maximum atomic E-state index is 10.6. The Balaban J connectivity index is 0. The van der Waals surface area contributed by atoms with Crippen molar-refractivity contribution in [3.63, 3.8) is 0 Å². The van der Waals surface area contributed by atoms with Crippen LogP contribution in [0, 0.1) is 0 Å². The molecule has 0 saturated heterocycles. The van der Waals surface area contributed by atoms with Crippen molar-refractivity contribution >= 4 is 61.4 Å². The smallest absolute Gasteiger partial charge is 0.284 e. The SMILES string of the molecule is O=S(=O)(O)CS(=O)(=O)OCCCl.[Na]. The second-order valence-corrected chi connectivity index (χ2v) is 5.60. The van der Waals surface area contributed by atoms with Crippen LogP contribution >= 0.6 is 11.6 Å². The van der Waals surface area contributed by atoms with E-state index >= 15 is 0 Å². The Bertz CT molecular complexity index is 320. The number of hydrogen-bond acceptors (Lipinski definition) is 5. The maximum Gasteiger partial charge on any atom is 0.284 e. The molecule has 1 radical (unpaired) electrons. The third kappa shape index (κ3) is 11.0. The molecule has 0 bridgehead atoms. The van der Waals surface area contributed by atoms with Crippen LogP contribution in [0.25, 0.3) is 0 Å². The van der Waals surface area contributed by atoms with Crippen LogP contribution in [0.5, 0.6) is 0 Å². The molecule has 0 saturated carbocycles. The first-order valence-corrected chi connectivity index (χ1v) is 6.37. The predicted octanol–water partition coefficient (Wildman–Crippen LogP) is -0.964. The third-order valence-electron chi connectivity index (χ3n) is 0.633. The number of alkyl halides is 1. The zero-order valence-electron chi connectivity index (χ0n) is 6.80. The van der Waals surface area contributed by atoms with Crippen LogP contribution in [0.15, 0.2) is 0 Å². The molecule has 0 unspecified atom stereocenters. The quantitative estimate of drug-likeness (QED) is 0.296. The topological polar surface area (TPSA) is 97.7 Å². The molecule has 0 heterocycles. The molecule has 0 aromatic heterocycles. The van der Waals surface area contributed by atoms with Gasteiger partial charge in [0.25, 0.3) is 20.2 Å². The van der Waals surface area contributed by atoms with Gasteiger partial charge in [-0.2, -0.15) is 16.8 Å². The van der Waals surface area contributed by atoms with Crippen LogP contribution in [0.4, 0.5) is 0 Å². The third-order valence-corrected chi connectivity index (χ3v) is 3.66. The van der Waals surface area contributed by atoms with Gasteiger partial charge < -0.3 is 0 Å². The maximum absolute atomic E-state index is 10.6. The van der Waals surface area contributed by atoms with Crippen LogP contribution in [0.3, 0.4) is 0 Å². The molecule has 0 rings (SSSR count). The van der Waals surface area contributed by atoms with E-state index in [1.165, 1.54) is 0 Å². The largest absolute Gasteiger partial charge is 0.285 e. The van der Waals surface area contributed by atoms with E-state index in [2.05, 4.69) is 4.18 Å². The molecule has 75 valence electrons. The fourth-order valence-corrected chi connectivity index (χ4v) is 2.61. The van der Waals surface area contributed by atoms with Crippen LogP contribution in [0.2, 0.25) is 0 Å². The van der Waals surface area contributed by atoms with Gasteiger partial charge in [-0.25, -0.2) is 0 Å². The molecule has 0 aromatic rings. The first kappa shape index (κ1) is 16.5. The minimum Gasteiger partial charge on any atom is -0.285 e. The monoisotopic (exact) mass is 261 g/mol. The predicted molar refractivity (Wildman–Crippen MR) is 47.8 cm³/mol. The minimum absolute atomic E-state index is 0. The minimum atomic E-state index is -4.57. The molecule has 0 spiro atoms. The van der Waals surface area contributed by atoms with E-state index in [1.54, 1.807) is 0 Å². The summed E-state index contributed by atoms with van der Waals surface area (Å²) in [6, 6.07) is 0. The fraction of sp³-hybridized carbons (Fsp3) is 1.00. The van der Waals surface area contributed by atoms with Gasteiger partial charge in [-0.05, 0) is 0 Å². The molecule has 10 heteroatoms. The zero-order chi connectivity index (χ0) is 9.83. The average Bonchev–Trinajstić information content (AvgIpc) is 1.78. The molecule has 1 N–H and O–H groups in total. The summed E-state index contributed by atoms with van der Waals surface area (Å²) in [5.74, 6) is -0.0787. The Kier molecular flexibility index (Phi) is 8.35. The standard InChI is InChI=1S/C3H7ClO6S2.Na/c4-1-2-10-12(8,9)3-11(5,6)7;/h1-3H2,(H,5,6,7);. The molecule has 0 aliphatic heterocycles. The fourth-order valence-electron chi connectivity index (χ4n) is 0.375. The van der Waals surface area contributed by atoms with Crippen molar-refractivity contribution in [1.82, 2.24) is 0 Å². The van der Waals surface area contributed by atoms with Crippen molar-refractivity contribution in [2.45, 2.75) is 0 Å². The Morgan fingerprint density at radius 2 is 1.69 bits per heavy atom. The van der Waals surface area contributed by atoms with Crippen LogP contribution in [-0.2, 0) is 24.4 Å². The molecule has 13 heavy (non-hydrogen) atoms. The van der Waals surface area contributed by atoms with E-state index in [0.29, 0.717) is 0 Å². The van der Waals surface area contributed by atoms with Crippen molar-refractivity contribution in [1.29, 1.82) is 0 Å². The summed E-state index contributed by atoms with van der Waals surface area (Å²) < 4.78 is 53.5. The van der Waals surface area contributed by atoms with Gasteiger partial charge in [0.15, 0.2) is 0 Å². The molecule has 0 amide bonds. The van der Waals surface area contributed by atoms with Gasteiger partial charge in [0.1, 0.15) is 0 Å². The van der Waals surface area contributed by atoms with Gasteiger partial charge in [-0.15, -0.1) is 11.6 Å². The van der Waals surface area contributed by atoms with Crippen LogP contribution < -0.4 is 0 Å². The van der Waals surface area contributed by atoms with Gasteiger partial charge in [0.05, 0.1) is 6.61 Å². The molecular weight excluding hydrogens is 255 g/mol. The Morgan fingerprint density at radius 1 is 1.23 bits per heavy atom. The van der Waals surface area contributed by atoms with Crippen molar-refractivity contribution in [2.24, 2.45) is 0 Å². The van der Waals surface area contributed by atoms with E-state index in [0.717, 1.165) is 0 Å². The number of halogens is 1. The molecule has 6 nitrogen and oxygen atoms in total. The summed E-state index contributed by atoms with van der Waals surface area (Å²) >= 11 is 5.08. The summed E-state index contributed by atoms with van der Waals surface area (Å²) in [7, 11) is -8.79. The molecule has 0 aliphatic carbocycles. The molecule has 0 fully saturated rings. The van der Waals surface area contributed by atoms with Crippen molar-refractivity contribution < 1.29 is 25.6 Å². The summed E-state index contributed by atoms with van der Waals surface area (Å²) in [5.41, 5.74) is 0. The molecule has 0 aromatic carbocycles.